The van der Waals surface area contributed by atoms with E-state index in [1.54, 1.807) is 0 Å². The van der Waals surface area contributed by atoms with Gasteiger partial charge in [0.25, 0.3) is 0 Å². The molecule has 0 aromatic carbocycles. The quantitative estimate of drug-likeness (QED) is 0.107. The third-order valence-electron chi connectivity index (χ3n) is 5.62. The van der Waals surface area contributed by atoms with Gasteiger partial charge in [0.2, 0.25) is 0 Å². The maximum Gasteiger partial charge on any atom is 0.481 e. The van der Waals surface area contributed by atoms with Crippen LogP contribution >= 0.6 is 15.6 Å². The summed E-state index contributed by atoms with van der Waals surface area (Å²) in [6.45, 7) is -0.818. The maximum absolute atomic E-state index is 12.3. The number of nitrogen functional groups attached to an aromatic ring is 1. The standard InChI is InChI=1S/C17H25N5O15P2/c1-6(23)34-13-11(25)8(36-17(13)27)3-33-39(30,31)37-38(28,29)32-2-7-10(24)12(26)16(35-7)22-5-21-9-14(18)19-4-20-15(9)22/h4-5,7-8,10-13,16-17,24-27H,2-3H2,1H3,(H,28,29)(H,30,31)(H2,18,19,20). The smallest absolute Gasteiger partial charge is 0.454 e. The van der Waals surface area contributed by atoms with E-state index in [2.05, 4.69) is 33.0 Å². The number of imidazole rings is 1. The van der Waals surface area contributed by atoms with E-state index in [0.29, 0.717) is 0 Å². The number of aromatic nitrogens is 4. The van der Waals surface area contributed by atoms with Crippen molar-refractivity contribution in [3.63, 3.8) is 0 Å². The molecule has 2 aromatic heterocycles. The fourth-order valence-electron chi connectivity index (χ4n) is 3.84. The third-order valence-corrected chi connectivity index (χ3v) is 8.23. The van der Waals surface area contributed by atoms with E-state index >= 15 is 0 Å². The van der Waals surface area contributed by atoms with E-state index < -0.39 is 84.0 Å². The number of carbonyl (C=O) groups excluding carboxylic acids is 1. The molecule has 8 N–H and O–H groups in total. The normalized spacial score (nSPS) is 34.1. The molecule has 2 aliphatic heterocycles. The van der Waals surface area contributed by atoms with Crippen molar-refractivity contribution in [3.8, 4) is 0 Å². The number of esters is 1. The topological polar surface area (TPSA) is 298 Å². The van der Waals surface area contributed by atoms with E-state index in [9.17, 15) is 44.1 Å². The minimum absolute atomic E-state index is 0.0510. The number of fused-ring (bicyclic) bond motifs is 1. The van der Waals surface area contributed by atoms with Gasteiger partial charge in [-0.2, -0.15) is 4.31 Å². The first-order chi connectivity index (χ1) is 18.2. The van der Waals surface area contributed by atoms with Gasteiger partial charge >= 0.3 is 21.6 Å². The fraction of sp³-hybridized carbons (Fsp3) is 0.647. The Bertz CT molecular complexity index is 1300. The van der Waals surface area contributed by atoms with Gasteiger partial charge < -0.3 is 50.2 Å². The highest BCUT2D eigenvalue weighted by molar-refractivity contribution is 7.61. The molecule has 2 fully saturated rings. The number of phosphoric ester groups is 2. The molecule has 0 bridgehead atoms. The first kappa shape index (κ1) is 29.8. The lowest BCUT2D eigenvalue weighted by Crippen LogP contribution is -2.37. The molecule has 0 radical (unpaired) electrons. The van der Waals surface area contributed by atoms with Crippen molar-refractivity contribution in [2.75, 3.05) is 18.9 Å². The average molecular weight is 601 g/mol. The summed E-state index contributed by atoms with van der Waals surface area (Å²) in [5.41, 5.74) is 6.08. The van der Waals surface area contributed by atoms with E-state index in [1.807, 2.05) is 0 Å². The molecule has 20 nitrogen and oxygen atoms in total. The number of rotatable bonds is 10. The van der Waals surface area contributed by atoms with Gasteiger partial charge in [-0.25, -0.2) is 24.1 Å². The van der Waals surface area contributed by atoms with Crippen molar-refractivity contribution in [2.45, 2.75) is 56.1 Å². The van der Waals surface area contributed by atoms with Crippen LogP contribution in [0.2, 0.25) is 0 Å². The number of nitrogens with two attached hydrogens (primary N) is 1. The Morgan fingerprint density at radius 3 is 2.23 bits per heavy atom. The molecule has 39 heavy (non-hydrogen) atoms. The average Bonchev–Trinajstić information content (AvgIpc) is 3.47. The van der Waals surface area contributed by atoms with Crippen molar-refractivity contribution in [3.05, 3.63) is 12.7 Å². The number of hydrogen-bond acceptors (Lipinski definition) is 17. The van der Waals surface area contributed by atoms with E-state index in [1.165, 1.54) is 10.9 Å². The van der Waals surface area contributed by atoms with Gasteiger partial charge in [0.1, 0.15) is 42.4 Å². The number of nitrogens with zero attached hydrogens (tertiary/aromatic N) is 4. The molecule has 218 valence electrons. The number of aliphatic hydroxyl groups excluding tert-OH is 4. The molecular weight excluding hydrogens is 576 g/mol. The highest BCUT2D eigenvalue weighted by atomic mass is 31.3. The molecular formula is C17H25N5O15P2. The van der Waals surface area contributed by atoms with Crippen LogP contribution in [0.4, 0.5) is 5.82 Å². The Kier molecular flexibility index (Phi) is 8.70. The summed E-state index contributed by atoms with van der Waals surface area (Å²) in [6, 6.07) is 0. The lowest BCUT2D eigenvalue weighted by atomic mass is 10.1. The van der Waals surface area contributed by atoms with Gasteiger partial charge in [0, 0.05) is 6.92 Å². The van der Waals surface area contributed by atoms with Crippen LogP contribution in [0.25, 0.3) is 11.2 Å². The summed E-state index contributed by atoms with van der Waals surface area (Å²) in [4.78, 5) is 42.5. The van der Waals surface area contributed by atoms with Gasteiger partial charge in [-0.15, -0.1) is 0 Å². The summed E-state index contributed by atoms with van der Waals surface area (Å²) in [7, 11) is -10.7. The number of aliphatic hydroxyl groups is 4. The second kappa shape index (κ2) is 11.4. The summed E-state index contributed by atoms with van der Waals surface area (Å²) in [5, 5.41) is 40.5. The summed E-state index contributed by atoms with van der Waals surface area (Å²) in [6.07, 6.45) is -10.0. The summed E-state index contributed by atoms with van der Waals surface area (Å²) >= 11 is 0. The summed E-state index contributed by atoms with van der Waals surface area (Å²) < 4.78 is 54.1. The van der Waals surface area contributed by atoms with Crippen molar-refractivity contribution in [1.82, 2.24) is 19.5 Å². The van der Waals surface area contributed by atoms with Crippen LogP contribution in [0, 0.1) is 0 Å². The number of phosphoric acid groups is 2. The molecule has 22 heteroatoms. The lowest BCUT2D eigenvalue weighted by molar-refractivity contribution is -0.170. The van der Waals surface area contributed by atoms with Crippen molar-refractivity contribution < 1.29 is 71.7 Å². The monoisotopic (exact) mass is 601 g/mol. The van der Waals surface area contributed by atoms with Crippen molar-refractivity contribution >= 4 is 38.6 Å². The van der Waals surface area contributed by atoms with Crippen molar-refractivity contribution in [1.29, 1.82) is 0 Å². The maximum atomic E-state index is 12.3. The van der Waals surface area contributed by atoms with Crippen LogP contribution in [0.15, 0.2) is 12.7 Å². The van der Waals surface area contributed by atoms with Crippen LogP contribution < -0.4 is 5.73 Å². The van der Waals surface area contributed by atoms with E-state index in [-0.39, 0.29) is 17.0 Å². The van der Waals surface area contributed by atoms with Crippen molar-refractivity contribution in [2.24, 2.45) is 0 Å². The van der Waals surface area contributed by atoms with Crippen LogP contribution in [-0.2, 0) is 41.5 Å². The molecule has 2 saturated heterocycles. The molecule has 2 aromatic rings. The fourth-order valence-corrected chi connectivity index (χ4v) is 5.93. The largest absolute Gasteiger partial charge is 0.481 e. The van der Waals surface area contributed by atoms with E-state index in [4.69, 9.17) is 15.2 Å². The third kappa shape index (κ3) is 6.60. The van der Waals surface area contributed by atoms with Gasteiger partial charge in [0.15, 0.2) is 30.1 Å². The molecule has 10 unspecified atom stereocenters. The van der Waals surface area contributed by atoms with Gasteiger partial charge in [-0.05, 0) is 0 Å². The van der Waals surface area contributed by atoms with Crippen LogP contribution in [0.3, 0.4) is 0 Å². The van der Waals surface area contributed by atoms with E-state index in [0.717, 1.165) is 13.3 Å². The Morgan fingerprint density at radius 1 is 1.00 bits per heavy atom. The zero-order valence-corrected chi connectivity index (χ0v) is 21.6. The molecule has 0 saturated carbocycles. The molecule has 4 rings (SSSR count). The zero-order chi connectivity index (χ0) is 28.7. The first-order valence-electron chi connectivity index (χ1n) is 11.0. The summed E-state index contributed by atoms with van der Waals surface area (Å²) in [5.74, 6) is -0.792. The molecule has 0 aliphatic carbocycles. The number of carbonyl (C=O) groups is 1. The highest BCUT2D eigenvalue weighted by Gasteiger charge is 2.48. The number of anilines is 1. The predicted molar refractivity (Wildman–Crippen MR) is 121 cm³/mol. The lowest BCUT2D eigenvalue weighted by Gasteiger charge is -2.20. The minimum atomic E-state index is -5.35. The molecule has 0 spiro atoms. The molecule has 10 atom stereocenters. The molecule has 4 heterocycles. The van der Waals surface area contributed by atoms with Gasteiger partial charge in [-0.3, -0.25) is 18.4 Å². The minimum Gasteiger partial charge on any atom is -0.454 e. The Hall–Kier alpha value is -2.16. The van der Waals surface area contributed by atoms with Crippen LogP contribution in [0.5, 0.6) is 0 Å². The first-order valence-corrected chi connectivity index (χ1v) is 14.0. The Labute approximate surface area is 218 Å². The number of hydrogen-bond donors (Lipinski definition) is 7. The predicted octanol–water partition coefficient (Wildman–Crippen LogP) is -2.71. The molecule has 2 aliphatic rings. The highest BCUT2D eigenvalue weighted by Crippen LogP contribution is 2.60. The van der Waals surface area contributed by atoms with Crippen LogP contribution in [0.1, 0.15) is 13.2 Å². The second-order valence-electron chi connectivity index (χ2n) is 8.37. The Balaban J connectivity index is 1.32. The van der Waals surface area contributed by atoms with Crippen LogP contribution in [-0.4, -0.2) is 112 Å². The SMILES string of the molecule is CC(=O)OC1C(O)OC(COP(=O)(O)OP(=O)(O)OCC2OC(n3cnc4c(N)ncnc43)C(O)C2O)C1O. The second-order valence-corrected chi connectivity index (χ2v) is 11.4. The van der Waals surface area contributed by atoms with Gasteiger partial charge in [-0.1, -0.05) is 0 Å². The Morgan fingerprint density at radius 2 is 1.62 bits per heavy atom. The zero-order valence-electron chi connectivity index (χ0n) is 19.8. The number of ether oxygens (including phenoxy) is 3. The molecule has 0 amide bonds. The van der Waals surface area contributed by atoms with Gasteiger partial charge in [0.05, 0.1) is 19.5 Å².